The van der Waals surface area contributed by atoms with Crippen LogP contribution in [0, 0.1) is 6.92 Å². The van der Waals surface area contributed by atoms with Crippen LogP contribution in [0.15, 0.2) is 73.8 Å². The molecule has 4 rings (SSSR count). The van der Waals surface area contributed by atoms with E-state index in [2.05, 4.69) is 15.6 Å². The highest BCUT2D eigenvalue weighted by atomic mass is 32.2. The van der Waals surface area contributed by atoms with Crippen molar-refractivity contribution in [3.05, 3.63) is 81.3 Å². The van der Waals surface area contributed by atoms with Gasteiger partial charge >= 0.3 is 0 Å². The van der Waals surface area contributed by atoms with Crippen molar-refractivity contribution >= 4 is 37.4 Å². The molecule has 2 aromatic carbocycles. The number of H-pyrrole nitrogens is 1. The van der Waals surface area contributed by atoms with Crippen molar-refractivity contribution in [3.63, 3.8) is 0 Å². The number of carbonyl (C=O) groups is 1. The van der Waals surface area contributed by atoms with Gasteiger partial charge in [0.1, 0.15) is 0 Å². The van der Waals surface area contributed by atoms with E-state index in [0.717, 1.165) is 28.9 Å². The molecule has 12 nitrogen and oxygen atoms in total. The van der Waals surface area contributed by atoms with Crippen LogP contribution in [-0.2, 0) is 25.0 Å². The van der Waals surface area contributed by atoms with Crippen LogP contribution in [0.1, 0.15) is 23.7 Å². The first-order chi connectivity index (χ1) is 16.3. The van der Waals surface area contributed by atoms with Crippen molar-refractivity contribution in [1.82, 2.24) is 15.2 Å². The number of nitrogens with one attached hydrogen (secondary N) is 2. The van der Waals surface area contributed by atoms with Gasteiger partial charge in [0.2, 0.25) is 0 Å². The van der Waals surface area contributed by atoms with Gasteiger partial charge in [-0.2, -0.15) is 21.9 Å². The number of benzene rings is 2. The molecule has 2 heterocycles. The lowest BCUT2D eigenvalue weighted by Crippen LogP contribution is -2.20. The second-order valence-corrected chi connectivity index (χ2v) is 10.5. The number of hydrogen-bond donors (Lipinski definition) is 4. The Morgan fingerprint density at radius 3 is 1.83 bits per heavy atom. The van der Waals surface area contributed by atoms with E-state index < -0.39 is 31.7 Å². The molecular weight excluding hydrogens is 500 g/mol. The maximum atomic E-state index is 13.5. The van der Waals surface area contributed by atoms with Gasteiger partial charge in [0.25, 0.3) is 31.7 Å². The molecule has 0 bridgehead atoms. The van der Waals surface area contributed by atoms with Crippen LogP contribution in [0.5, 0.6) is 0 Å². The van der Waals surface area contributed by atoms with Crippen LogP contribution >= 0.6 is 0 Å². The van der Waals surface area contributed by atoms with Crippen LogP contribution in [0.4, 0.5) is 0 Å². The van der Waals surface area contributed by atoms with Crippen molar-refractivity contribution in [3.8, 4) is 5.69 Å². The zero-order chi connectivity index (χ0) is 25.7. The third-order valence-corrected chi connectivity index (χ3v) is 7.05. The quantitative estimate of drug-likeness (QED) is 0.287. The summed E-state index contributed by atoms with van der Waals surface area (Å²) < 4.78 is 65.1. The summed E-state index contributed by atoms with van der Waals surface area (Å²) in [6.07, 6.45) is 0. The van der Waals surface area contributed by atoms with Gasteiger partial charge in [0, 0.05) is 11.3 Å². The number of aromatic nitrogens is 2. The zero-order valence-corrected chi connectivity index (χ0v) is 19.8. The van der Waals surface area contributed by atoms with Crippen molar-refractivity contribution in [2.45, 2.75) is 23.6 Å². The van der Waals surface area contributed by atoms with Crippen LogP contribution in [-0.4, -0.2) is 47.3 Å². The van der Waals surface area contributed by atoms with Crippen LogP contribution in [0.3, 0.4) is 0 Å². The van der Waals surface area contributed by atoms with E-state index in [0.29, 0.717) is 17.0 Å². The summed E-state index contributed by atoms with van der Waals surface area (Å²) in [5.74, 6) is -0.569. The second-order valence-electron chi connectivity index (χ2n) is 7.61. The molecule has 0 saturated heterocycles. The van der Waals surface area contributed by atoms with Gasteiger partial charge in [-0.1, -0.05) is 12.1 Å². The van der Waals surface area contributed by atoms with Gasteiger partial charge in [0.15, 0.2) is 0 Å². The lowest BCUT2D eigenvalue weighted by atomic mass is 9.91. The van der Waals surface area contributed by atoms with Gasteiger partial charge in [-0.25, -0.2) is 10.1 Å². The molecule has 35 heavy (non-hydrogen) atoms. The summed E-state index contributed by atoms with van der Waals surface area (Å²) >= 11 is 0. The normalized spacial score (nSPS) is 15.7. The Balaban J connectivity index is 1.95. The highest BCUT2D eigenvalue weighted by molar-refractivity contribution is 7.86. The standard InChI is InChI=1S/C21H18N4O8S2/c1-11-17(20(26)23-22-11)19(13-3-7-15(8-4-13)34(28,29)30)18-12(2)24-25(21(18)27)14-5-9-16(10-6-14)35(31,32)33/h3-10,24H,1-2H3,(H,23,26)(H,28,29,30)(H,31,32,33). The highest BCUT2D eigenvalue weighted by Gasteiger charge is 2.29. The summed E-state index contributed by atoms with van der Waals surface area (Å²) in [5.41, 5.74) is 3.32. The average Bonchev–Trinajstić information content (AvgIpc) is 3.27. The molecule has 0 aliphatic carbocycles. The van der Waals surface area contributed by atoms with E-state index in [1.807, 2.05) is 0 Å². The maximum Gasteiger partial charge on any atom is 0.294 e. The van der Waals surface area contributed by atoms with E-state index >= 15 is 0 Å². The van der Waals surface area contributed by atoms with Crippen molar-refractivity contribution in [2.75, 3.05) is 0 Å². The van der Waals surface area contributed by atoms with Crippen molar-refractivity contribution in [2.24, 2.45) is 5.10 Å². The first-order valence-electron chi connectivity index (χ1n) is 9.86. The Hall–Kier alpha value is -3.85. The molecule has 1 aliphatic rings. The van der Waals surface area contributed by atoms with Crippen LogP contribution < -0.4 is 11.0 Å². The number of rotatable bonds is 5. The molecule has 0 fully saturated rings. The molecule has 0 saturated carbocycles. The molecule has 0 spiro atoms. The molecule has 4 N–H and O–H groups in total. The second kappa shape index (κ2) is 8.42. The molecule has 0 atom stereocenters. The Kier molecular flexibility index (Phi) is 5.84. The smallest absolute Gasteiger partial charge is 0.294 e. The molecule has 182 valence electrons. The first kappa shape index (κ1) is 24.3. The zero-order valence-electron chi connectivity index (χ0n) is 18.2. The fraction of sp³-hybridized carbons (Fsp3) is 0.0952. The Labute approximate surface area is 199 Å². The average molecular weight is 519 g/mol. The monoisotopic (exact) mass is 518 g/mol. The number of hydrazone groups is 1. The van der Waals surface area contributed by atoms with Crippen LogP contribution in [0.25, 0.3) is 11.3 Å². The molecule has 1 amide bonds. The summed E-state index contributed by atoms with van der Waals surface area (Å²) in [5, 5.41) is 6.79. The number of aromatic amines is 1. The van der Waals surface area contributed by atoms with E-state index in [1.54, 1.807) is 13.8 Å². The minimum Gasteiger partial charge on any atom is -0.295 e. The Morgan fingerprint density at radius 1 is 0.857 bits per heavy atom. The SMILES string of the molecule is CC1=NNC(=O)C1=C(c1ccc(S(=O)(=O)O)cc1)c1c(C)[nH]n(-c2ccc(S(=O)(=O)O)cc2)c1=O. The fourth-order valence-electron chi connectivity index (χ4n) is 3.70. The molecule has 3 aromatic rings. The van der Waals surface area contributed by atoms with Gasteiger partial charge < -0.3 is 0 Å². The molecule has 1 aliphatic heterocycles. The lowest BCUT2D eigenvalue weighted by Gasteiger charge is -2.11. The third kappa shape index (κ3) is 4.46. The number of amides is 1. The van der Waals surface area contributed by atoms with Crippen LogP contribution in [0.2, 0.25) is 0 Å². The van der Waals surface area contributed by atoms with E-state index in [-0.39, 0.29) is 32.2 Å². The topological polar surface area (TPSA) is 188 Å². The summed E-state index contributed by atoms with van der Waals surface area (Å²) in [6, 6.07) is 9.85. The maximum absolute atomic E-state index is 13.5. The Morgan fingerprint density at radius 2 is 1.37 bits per heavy atom. The summed E-state index contributed by atoms with van der Waals surface area (Å²) in [4.78, 5) is 25.4. The minimum absolute atomic E-state index is 0.0880. The Bertz CT molecular complexity index is 1690. The molecular formula is C21H18N4O8S2. The van der Waals surface area contributed by atoms with E-state index in [1.165, 1.54) is 24.3 Å². The minimum atomic E-state index is -4.46. The predicted octanol–water partition coefficient (Wildman–Crippen LogP) is 1.28. The van der Waals surface area contributed by atoms with Gasteiger partial charge in [-0.05, 0) is 55.8 Å². The number of aryl methyl sites for hydroxylation is 1. The fourth-order valence-corrected chi connectivity index (χ4v) is 4.66. The van der Waals surface area contributed by atoms with Gasteiger partial charge in [0.05, 0.1) is 32.3 Å². The summed E-state index contributed by atoms with van der Waals surface area (Å²) in [6.45, 7) is 3.15. The molecule has 0 unspecified atom stereocenters. The van der Waals surface area contributed by atoms with Crippen molar-refractivity contribution < 1.29 is 30.7 Å². The predicted molar refractivity (Wildman–Crippen MR) is 124 cm³/mol. The summed E-state index contributed by atoms with van der Waals surface area (Å²) in [7, 11) is -8.89. The first-order valence-corrected chi connectivity index (χ1v) is 12.7. The number of nitrogens with zero attached hydrogens (tertiary/aromatic N) is 2. The van der Waals surface area contributed by atoms with E-state index in [9.17, 15) is 35.5 Å². The molecule has 0 radical (unpaired) electrons. The third-order valence-electron chi connectivity index (χ3n) is 5.32. The molecule has 1 aromatic heterocycles. The largest absolute Gasteiger partial charge is 0.295 e. The number of carbonyl (C=O) groups excluding carboxylic acids is 1. The number of hydrogen-bond acceptors (Lipinski definition) is 7. The van der Waals surface area contributed by atoms with Crippen molar-refractivity contribution in [1.29, 1.82) is 0 Å². The van der Waals surface area contributed by atoms with Gasteiger partial charge in [-0.3, -0.25) is 23.8 Å². The highest BCUT2D eigenvalue weighted by Crippen LogP contribution is 2.30. The van der Waals surface area contributed by atoms with Gasteiger partial charge in [-0.15, -0.1) is 0 Å². The lowest BCUT2D eigenvalue weighted by molar-refractivity contribution is -0.116. The van der Waals surface area contributed by atoms with E-state index in [4.69, 9.17) is 0 Å². The molecule has 14 heteroatoms.